The molecule has 1 aromatic rings. The number of primary amides is 1. The lowest BCUT2D eigenvalue weighted by atomic mass is 10.0. The lowest BCUT2D eigenvalue weighted by molar-refractivity contribution is -0.142. The van der Waals surface area contributed by atoms with Crippen molar-refractivity contribution in [1.82, 2.24) is 36.8 Å². The van der Waals surface area contributed by atoms with E-state index >= 15 is 0 Å². The SMILES string of the molecule is CC(C)C[C@H](NC(=O)[C@@H](N)CCCN=C(N)N)C(=O)N[C@@H](CC(N)=O)C(=O)N[C@H](C(=O)N[C@@H](C=O)C(=O)N[C@@H](Cc1ccccc1)C(=O)N[C@H](C(=O)N1CCC[C@H]1C=O)[C@@H](C)O)[C@@H](C)O. The number of amides is 8. The summed E-state index contributed by atoms with van der Waals surface area (Å²) in [5.74, 6) is -8.42. The Morgan fingerprint density at radius 1 is 0.754 bits per heavy atom. The van der Waals surface area contributed by atoms with Gasteiger partial charge in [-0.15, -0.1) is 0 Å². The normalized spacial score (nSPS) is 17.5. The van der Waals surface area contributed by atoms with Crippen LogP contribution in [0, 0.1) is 5.92 Å². The maximum Gasteiger partial charge on any atom is 0.250 e. The molecule has 24 heteroatoms. The highest BCUT2D eigenvalue weighted by Crippen LogP contribution is 2.18. The van der Waals surface area contributed by atoms with Gasteiger partial charge in [0.15, 0.2) is 18.3 Å². The zero-order valence-electron chi connectivity index (χ0n) is 36.9. The average molecular weight is 917 g/mol. The Hall–Kier alpha value is -6.53. The second-order valence-electron chi connectivity index (χ2n) is 16.2. The zero-order valence-corrected chi connectivity index (χ0v) is 36.9. The molecule has 1 heterocycles. The van der Waals surface area contributed by atoms with Crippen LogP contribution in [0.1, 0.15) is 71.8 Å². The van der Waals surface area contributed by atoms with Gasteiger partial charge in [-0.05, 0) is 57.4 Å². The summed E-state index contributed by atoms with van der Waals surface area (Å²) in [6.07, 6.45) is -2.09. The van der Waals surface area contributed by atoms with Crippen LogP contribution in [-0.4, -0.2) is 155 Å². The van der Waals surface area contributed by atoms with Crippen LogP contribution >= 0.6 is 0 Å². The smallest absolute Gasteiger partial charge is 0.250 e. The van der Waals surface area contributed by atoms with Gasteiger partial charge in [0.2, 0.25) is 41.4 Å². The summed E-state index contributed by atoms with van der Waals surface area (Å²) < 4.78 is 0. The number of benzene rings is 1. The van der Waals surface area contributed by atoms with E-state index in [9.17, 15) is 58.2 Å². The first-order valence-electron chi connectivity index (χ1n) is 21.1. The molecule has 1 saturated heterocycles. The first kappa shape index (κ1) is 54.6. The highest BCUT2D eigenvalue weighted by molar-refractivity contribution is 6.03. The number of hydrogen-bond acceptors (Lipinski definition) is 14. The lowest BCUT2D eigenvalue weighted by Crippen LogP contribution is -2.63. The quantitative estimate of drug-likeness (QED) is 0.0129. The van der Waals surface area contributed by atoms with E-state index in [0.717, 1.165) is 6.92 Å². The number of likely N-dealkylation sites (tertiary alicyclic amines) is 1. The van der Waals surface area contributed by atoms with E-state index in [1.54, 1.807) is 44.2 Å². The minimum absolute atomic E-state index is 0.00979. The number of guanidine groups is 1. The highest BCUT2D eigenvalue weighted by atomic mass is 16.3. The van der Waals surface area contributed by atoms with Gasteiger partial charge in [0.05, 0.1) is 30.7 Å². The molecule has 1 aliphatic rings. The van der Waals surface area contributed by atoms with Gasteiger partial charge in [0, 0.05) is 19.5 Å². The fraction of sp³-hybridized carbons (Fsp3) is 0.585. The van der Waals surface area contributed by atoms with Crippen molar-refractivity contribution in [2.45, 2.75) is 133 Å². The number of carbonyl (C=O) groups excluding carboxylic acids is 10. The molecule has 1 aromatic carbocycles. The number of aliphatic hydroxyl groups is 2. The molecule has 8 amide bonds. The first-order valence-corrected chi connectivity index (χ1v) is 21.1. The van der Waals surface area contributed by atoms with Gasteiger partial charge < -0.3 is 79.5 Å². The second-order valence-corrected chi connectivity index (χ2v) is 16.2. The van der Waals surface area contributed by atoms with E-state index in [0.29, 0.717) is 31.1 Å². The molecular weight excluding hydrogens is 853 g/mol. The molecular formula is C41H64N12O12. The molecule has 0 spiro atoms. The zero-order chi connectivity index (χ0) is 49.0. The molecule has 0 unspecified atom stereocenters. The van der Waals surface area contributed by atoms with Crippen LogP contribution in [0.2, 0.25) is 0 Å². The van der Waals surface area contributed by atoms with Crippen molar-refractivity contribution >= 4 is 65.8 Å². The van der Waals surface area contributed by atoms with Crippen LogP contribution in [0.5, 0.6) is 0 Å². The number of aliphatic imine (C=N–C) groups is 1. The van der Waals surface area contributed by atoms with Crippen LogP contribution < -0.4 is 54.8 Å². The summed E-state index contributed by atoms with van der Waals surface area (Å²) in [4.78, 5) is 135. The van der Waals surface area contributed by atoms with Crippen LogP contribution in [0.15, 0.2) is 35.3 Å². The van der Waals surface area contributed by atoms with E-state index in [1.165, 1.54) is 11.8 Å². The van der Waals surface area contributed by atoms with Gasteiger partial charge in [-0.2, -0.15) is 0 Å². The maximum absolute atomic E-state index is 13.7. The molecule has 24 nitrogen and oxygen atoms in total. The summed E-state index contributed by atoms with van der Waals surface area (Å²) in [6, 6.07) is -3.60. The minimum Gasteiger partial charge on any atom is -0.391 e. The van der Waals surface area contributed by atoms with Crippen LogP contribution in [-0.2, 0) is 54.4 Å². The Balaban J connectivity index is 2.27. The molecule has 2 rings (SSSR count). The molecule has 16 N–H and O–H groups in total. The number of nitrogens with zero attached hydrogens (tertiary/aromatic N) is 2. The van der Waals surface area contributed by atoms with Gasteiger partial charge in [-0.1, -0.05) is 44.2 Å². The molecule has 0 bridgehead atoms. The van der Waals surface area contributed by atoms with E-state index in [1.807, 2.05) is 0 Å². The van der Waals surface area contributed by atoms with Crippen molar-refractivity contribution in [2.75, 3.05) is 13.1 Å². The summed E-state index contributed by atoms with van der Waals surface area (Å²) in [5.41, 5.74) is 22.5. The van der Waals surface area contributed by atoms with E-state index in [2.05, 4.69) is 36.9 Å². The number of aldehydes is 2. The van der Waals surface area contributed by atoms with Crippen molar-refractivity contribution in [1.29, 1.82) is 0 Å². The average Bonchev–Trinajstić information content (AvgIpc) is 3.73. The third-order valence-electron chi connectivity index (χ3n) is 10.2. The molecule has 0 aliphatic carbocycles. The predicted molar refractivity (Wildman–Crippen MR) is 233 cm³/mol. The molecule has 0 saturated carbocycles. The van der Waals surface area contributed by atoms with E-state index < -0.39 is 114 Å². The molecule has 1 aliphatic heterocycles. The molecule has 1 fully saturated rings. The number of hydrogen-bond donors (Lipinski definition) is 12. The van der Waals surface area contributed by atoms with Gasteiger partial charge in [0.25, 0.3) is 5.91 Å². The van der Waals surface area contributed by atoms with Crippen LogP contribution in [0.3, 0.4) is 0 Å². The standard InChI is InChI=1S/C41H64N12O12/c1-21(2)16-27(47-34(59)26(42)13-8-14-46-41(44)45)35(60)49-29(18-31(43)58)37(62)51-32(22(3)56)39(64)50-30(20-55)38(63)48-28(17-24-10-6-5-7-11-24)36(61)52-33(23(4)57)40(65)53-15-9-12-25(53)19-54/h5-7,10-11,19-23,25-30,32-33,56-57H,8-9,12-18,42H2,1-4H3,(H2,43,58)(H,47,59)(H,48,63)(H,49,60)(H,50,64)(H,51,62)(H,52,61)(H4,44,45,46)/t22-,23-,25+,26+,27+,28+,29+,30+,32+,33+/m1/s1. The number of nitrogens with one attached hydrogen (secondary N) is 6. The number of carbonyl (C=O) groups is 10. The van der Waals surface area contributed by atoms with Crippen molar-refractivity contribution < 1.29 is 58.2 Å². The number of rotatable bonds is 27. The first-order chi connectivity index (χ1) is 30.6. The van der Waals surface area contributed by atoms with E-state index in [4.69, 9.17) is 22.9 Å². The van der Waals surface area contributed by atoms with Crippen molar-refractivity contribution in [3.63, 3.8) is 0 Å². The lowest BCUT2D eigenvalue weighted by Gasteiger charge is -2.30. The second kappa shape index (κ2) is 26.9. The fourth-order valence-corrected chi connectivity index (χ4v) is 6.73. The Kier molecular flexibility index (Phi) is 22.6. The monoisotopic (exact) mass is 916 g/mol. The summed E-state index contributed by atoms with van der Waals surface area (Å²) in [6.45, 7) is 6.25. The Morgan fingerprint density at radius 2 is 1.32 bits per heavy atom. The van der Waals surface area contributed by atoms with Crippen LogP contribution in [0.4, 0.5) is 0 Å². The maximum atomic E-state index is 13.7. The highest BCUT2D eigenvalue weighted by Gasteiger charge is 2.39. The molecule has 65 heavy (non-hydrogen) atoms. The third kappa shape index (κ3) is 18.2. The van der Waals surface area contributed by atoms with Crippen molar-refractivity contribution in [3.8, 4) is 0 Å². The summed E-state index contributed by atoms with van der Waals surface area (Å²) in [5, 5.41) is 35.0. The van der Waals surface area contributed by atoms with Gasteiger partial charge in [-0.3, -0.25) is 43.3 Å². The third-order valence-corrected chi connectivity index (χ3v) is 10.2. The van der Waals surface area contributed by atoms with Crippen molar-refractivity contribution in [2.24, 2.45) is 33.8 Å². The predicted octanol–water partition coefficient (Wildman–Crippen LogP) is -5.41. The number of aliphatic hydroxyl groups excluding tert-OH is 2. The van der Waals surface area contributed by atoms with E-state index in [-0.39, 0.29) is 50.5 Å². The molecule has 0 aromatic heterocycles. The number of nitrogens with two attached hydrogens (primary N) is 4. The Bertz CT molecular complexity index is 1860. The van der Waals surface area contributed by atoms with Gasteiger partial charge in [-0.25, -0.2) is 0 Å². The Morgan fingerprint density at radius 3 is 1.88 bits per heavy atom. The topological polar surface area (TPSA) is 403 Å². The van der Waals surface area contributed by atoms with Crippen molar-refractivity contribution in [3.05, 3.63) is 35.9 Å². The molecule has 10 atom stereocenters. The van der Waals surface area contributed by atoms with Gasteiger partial charge >= 0.3 is 0 Å². The Labute approximate surface area is 376 Å². The largest absolute Gasteiger partial charge is 0.391 e. The molecule has 0 radical (unpaired) electrons. The summed E-state index contributed by atoms with van der Waals surface area (Å²) in [7, 11) is 0. The minimum atomic E-state index is -2.04. The van der Waals surface area contributed by atoms with Crippen LogP contribution in [0.25, 0.3) is 0 Å². The summed E-state index contributed by atoms with van der Waals surface area (Å²) >= 11 is 0. The van der Waals surface area contributed by atoms with Gasteiger partial charge in [0.1, 0.15) is 36.5 Å². The molecule has 360 valence electrons. The fourth-order valence-electron chi connectivity index (χ4n) is 6.73.